The molecule has 1 aromatic carbocycles. The second-order valence-electron chi connectivity index (χ2n) is 4.64. The standard InChI is InChI=1S/C13H20ClN3/c1-16(9-10-17-7-2-3-8-17)12-6-4-5-11(14)13(12)15/h4-6H,2-3,7-10,15H2,1H3. The molecule has 1 heterocycles. The zero-order valence-corrected chi connectivity index (χ0v) is 11.1. The van der Waals surface area contributed by atoms with E-state index in [0.29, 0.717) is 10.7 Å². The monoisotopic (exact) mass is 253 g/mol. The Morgan fingerprint density at radius 1 is 1.35 bits per heavy atom. The van der Waals surface area contributed by atoms with Crippen molar-refractivity contribution in [3.05, 3.63) is 23.2 Å². The van der Waals surface area contributed by atoms with Gasteiger partial charge >= 0.3 is 0 Å². The SMILES string of the molecule is CN(CCN1CCCC1)c1cccc(Cl)c1N. The highest BCUT2D eigenvalue weighted by Gasteiger charge is 2.13. The number of para-hydroxylation sites is 1. The van der Waals surface area contributed by atoms with E-state index in [1.165, 1.54) is 25.9 Å². The van der Waals surface area contributed by atoms with Gasteiger partial charge in [-0.1, -0.05) is 17.7 Å². The van der Waals surface area contributed by atoms with Gasteiger partial charge in [0, 0.05) is 20.1 Å². The molecule has 0 bridgehead atoms. The van der Waals surface area contributed by atoms with E-state index < -0.39 is 0 Å². The maximum absolute atomic E-state index is 6.02. The molecule has 0 spiro atoms. The highest BCUT2D eigenvalue weighted by molar-refractivity contribution is 6.33. The average molecular weight is 254 g/mol. The minimum atomic E-state index is 0.635. The number of nitrogens with two attached hydrogens (primary N) is 1. The fraction of sp³-hybridized carbons (Fsp3) is 0.538. The first-order chi connectivity index (χ1) is 8.18. The Balaban J connectivity index is 1.94. The molecule has 0 saturated carbocycles. The molecule has 1 fully saturated rings. The highest BCUT2D eigenvalue weighted by Crippen LogP contribution is 2.29. The molecule has 0 amide bonds. The molecule has 2 N–H and O–H groups in total. The van der Waals surface area contributed by atoms with Crippen LogP contribution in [0.3, 0.4) is 0 Å². The van der Waals surface area contributed by atoms with Crippen LogP contribution in [-0.2, 0) is 0 Å². The van der Waals surface area contributed by atoms with Crippen molar-refractivity contribution in [1.29, 1.82) is 0 Å². The Bertz CT molecular complexity index is 375. The molecule has 3 nitrogen and oxygen atoms in total. The summed E-state index contributed by atoms with van der Waals surface area (Å²) in [5.74, 6) is 0. The van der Waals surface area contributed by atoms with Gasteiger partial charge in [-0.25, -0.2) is 0 Å². The number of hydrogen-bond acceptors (Lipinski definition) is 3. The highest BCUT2D eigenvalue weighted by atomic mass is 35.5. The van der Waals surface area contributed by atoms with Crippen LogP contribution in [0.5, 0.6) is 0 Å². The summed E-state index contributed by atoms with van der Waals surface area (Å²) in [6.45, 7) is 4.56. The molecule has 2 rings (SSSR count). The number of nitrogen functional groups attached to an aromatic ring is 1. The van der Waals surface area contributed by atoms with Gasteiger partial charge < -0.3 is 15.5 Å². The second-order valence-corrected chi connectivity index (χ2v) is 5.05. The largest absolute Gasteiger partial charge is 0.396 e. The summed E-state index contributed by atoms with van der Waals surface area (Å²) >= 11 is 6.02. The number of anilines is 2. The number of rotatable bonds is 4. The number of nitrogens with zero attached hydrogens (tertiary/aromatic N) is 2. The summed E-state index contributed by atoms with van der Waals surface area (Å²) in [5.41, 5.74) is 7.68. The lowest BCUT2D eigenvalue weighted by Crippen LogP contribution is -2.31. The van der Waals surface area contributed by atoms with Crippen LogP contribution in [0.2, 0.25) is 5.02 Å². The van der Waals surface area contributed by atoms with Gasteiger partial charge in [-0.2, -0.15) is 0 Å². The molecule has 4 heteroatoms. The number of halogens is 1. The fourth-order valence-corrected chi connectivity index (χ4v) is 2.45. The first kappa shape index (κ1) is 12.5. The zero-order valence-electron chi connectivity index (χ0n) is 10.3. The van der Waals surface area contributed by atoms with Crippen LogP contribution in [-0.4, -0.2) is 38.1 Å². The lowest BCUT2D eigenvalue weighted by molar-refractivity contribution is 0.347. The lowest BCUT2D eigenvalue weighted by Gasteiger charge is -2.24. The summed E-state index contributed by atoms with van der Waals surface area (Å²) in [4.78, 5) is 4.68. The molecule has 1 aliphatic heterocycles. The van der Waals surface area contributed by atoms with Gasteiger partial charge in [-0.15, -0.1) is 0 Å². The van der Waals surface area contributed by atoms with Crippen molar-refractivity contribution >= 4 is 23.0 Å². The Labute approximate surface area is 108 Å². The summed E-state index contributed by atoms with van der Waals surface area (Å²) in [7, 11) is 2.07. The van der Waals surface area contributed by atoms with E-state index in [0.717, 1.165) is 18.8 Å². The van der Waals surface area contributed by atoms with Crippen LogP contribution in [0.15, 0.2) is 18.2 Å². The molecule has 1 saturated heterocycles. The maximum Gasteiger partial charge on any atom is 0.0741 e. The zero-order chi connectivity index (χ0) is 12.3. The Morgan fingerprint density at radius 3 is 2.76 bits per heavy atom. The van der Waals surface area contributed by atoms with Gasteiger partial charge in [0.15, 0.2) is 0 Å². The van der Waals surface area contributed by atoms with Gasteiger partial charge in [0.2, 0.25) is 0 Å². The number of hydrogen-bond donors (Lipinski definition) is 1. The molecular weight excluding hydrogens is 234 g/mol. The van der Waals surface area contributed by atoms with Crippen LogP contribution >= 0.6 is 11.6 Å². The Morgan fingerprint density at radius 2 is 2.06 bits per heavy atom. The van der Waals surface area contributed by atoms with Crippen molar-refractivity contribution < 1.29 is 0 Å². The maximum atomic E-state index is 6.02. The van der Waals surface area contributed by atoms with Crippen LogP contribution in [0.1, 0.15) is 12.8 Å². The second kappa shape index (κ2) is 5.61. The number of likely N-dealkylation sites (N-methyl/N-ethyl adjacent to an activating group) is 1. The summed E-state index contributed by atoms with van der Waals surface area (Å²) in [6.07, 6.45) is 2.67. The van der Waals surface area contributed by atoms with E-state index in [1.54, 1.807) is 0 Å². The van der Waals surface area contributed by atoms with Gasteiger partial charge in [0.25, 0.3) is 0 Å². The predicted molar refractivity (Wildman–Crippen MR) is 74.8 cm³/mol. The molecule has 0 aromatic heterocycles. The smallest absolute Gasteiger partial charge is 0.0741 e. The molecule has 0 unspecified atom stereocenters. The predicted octanol–water partition coefficient (Wildman–Crippen LogP) is 2.45. The van der Waals surface area contributed by atoms with Gasteiger partial charge in [0.05, 0.1) is 16.4 Å². The molecule has 0 atom stereocenters. The minimum absolute atomic E-state index is 0.635. The van der Waals surface area contributed by atoms with Crippen molar-refractivity contribution in [3.8, 4) is 0 Å². The van der Waals surface area contributed by atoms with E-state index in [-0.39, 0.29) is 0 Å². The average Bonchev–Trinajstić information content (AvgIpc) is 2.82. The van der Waals surface area contributed by atoms with Gasteiger partial charge in [0.1, 0.15) is 0 Å². The third kappa shape index (κ3) is 3.05. The first-order valence-electron chi connectivity index (χ1n) is 6.16. The molecular formula is C13H20ClN3. The molecule has 17 heavy (non-hydrogen) atoms. The van der Waals surface area contributed by atoms with Crippen molar-refractivity contribution in [1.82, 2.24) is 4.90 Å². The minimum Gasteiger partial charge on any atom is -0.396 e. The first-order valence-corrected chi connectivity index (χ1v) is 6.54. The van der Waals surface area contributed by atoms with E-state index >= 15 is 0 Å². The third-order valence-electron chi connectivity index (χ3n) is 3.39. The summed E-state index contributed by atoms with van der Waals surface area (Å²) in [6, 6.07) is 5.79. The molecule has 0 radical (unpaired) electrons. The third-order valence-corrected chi connectivity index (χ3v) is 3.72. The fourth-order valence-electron chi connectivity index (χ4n) is 2.28. The molecule has 0 aliphatic carbocycles. The Kier molecular flexibility index (Phi) is 4.13. The van der Waals surface area contributed by atoms with Crippen LogP contribution < -0.4 is 10.6 Å². The van der Waals surface area contributed by atoms with Crippen LogP contribution in [0.4, 0.5) is 11.4 Å². The van der Waals surface area contributed by atoms with Gasteiger partial charge in [-0.05, 0) is 38.1 Å². The van der Waals surface area contributed by atoms with Gasteiger partial charge in [-0.3, -0.25) is 0 Å². The van der Waals surface area contributed by atoms with Crippen molar-refractivity contribution in [2.45, 2.75) is 12.8 Å². The molecule has 94 valence electrons. The number of likely N-dealkylation sites (tertiary alicyclic amines) is 1. The van der Waals surface area contributed by atoms with E-state index in [1.807, 2.05) is 18.2 Å². The quantitative estimate of drug-likeness (QED) is 0.837. The van der Waals surface area contributed by atoms with E-state index in [4.69, 9.17) is 17.3 Å². The summed E-state index contributed by atoms with van der Waals surface area (Å²) < 4.78 is 0. The van der Waals surface area contributed by atoms with E-state index in [2.05, 4.69) is 16.8 Å². The van der Waals surface area contributed by atoms with Crippen molar-refractivity contribution in [2.24, 2.45) is 0 Å². The lowest BCUT2D eigenvalue weighted by atomic mass is 10.2. The summed E-state index contributed by atoms with van der Waals surface area (Å²) in [5, 5.41) is 0.635. The van der Waals surface area contributed by atoms with Crippen molar-refractivity contribution in [2.75, 3.05) is 43.9 Å². The van der Waals surface area contributed by atoms with Crippen LogP contribution in [0.25, 0.3) is 0 Å². The normalized spacial score (nSPS) is 16.4. The van der Waals surface area contributed by atoms with Crippen molar-refractivity contribution in [3.63, 3.8) is 0 Å². The topological polar surface area (TPSA) is 32.5 Å². The molecule has 1 aromatic rings. The Hall–Kier alpha value is -0.930. The number of benzene rings is 1. The van der Waals surface area contributed by atoms with Crippen LogP contribution in [0, 0.1) is 0 Å². The molecule has 1 aliphatic rings. The van der Waals surface area contributed by atoms with E-state index in [9.17, 15) is 0 Å².